The van der Waals surface area contributed by atoms with Gasteiger partial charge in [-0.2, -0.15) is 0 Å². The number of hydrogen-bond donors (Lipinski definition) is 1. The highest BCUT2D eigenvalue weighted by Gasteiger charge is 2.10. The van der Waals surface area contributed by atoms with Crippen LogP contribution < -0.4 is 5.32 Å². The number of rotatable bonds is 6. The Morgan fingerprint density at radius 1 is 0.850 bits per heavy atom. The summed E-state index contributed by atoms with van der Waals surface area (Å²) in [4.78, 5) is 10.7. The summed E-state index contributed by atoms with van der Waals surface area (Å²) >= 11 is 0. The van der Waals surface area contributed by atoms with Crippen LogP contribution in [0.3, 0.4) is 0 Å². The van der Waals surface area contributed by atoms with Gasteiger partial charge in [-0.25, -0.2) is 8.78 Å². The van der Waals surface area contributed by atoms with Crippen LogP contribution in [0.2, 0.25) is 0 Å². The molecule has 0 radical (unpaired) electrons. The molecule has 0 heterocycles. The molecule has 0 atom stereocenters. The van der Waals surface area contributed by atoms with Crippen LogP contribution in [0, 0.1) is 11.6 Å². The second-order valence-electron chi connectivity index (χ2n) is 4.64. The summed E-state index contributed by atoms with van der Waals surface area (Å²) in [6.07, 6.45) is 1.84. The zero-order valence-electron chi connectivity index (χ0n) is 10.9. The quantitative estimate of drug-likeness (QED) is 0.807. The summed E-state index contributed by atoms with van der Waals surface area (Å²) < 4.78 is 25.7. The van der Waals surface area contributed by atoms with E-state index in [9.17, 15) is 13.6 Å². The predicted octanol–water partition coefficient (Wildman–Crippen LogP) is 2.86. The van der Waals surface area contributed by atoms with Gasteiger partial charge in [0.25, 0.3) is 0 Å². The van der Waals surface area contributed by atoms with Crippen LogP contribution in [-0.4, -0.2) is 12.5 Å². The Kier molecular flexibility index (Phi) is 4.82. The average molecular weight is 275 g/mol. The Hall–Kier alpha value is -2.23. The molecule has 0 spiro atoms. The lowest BCUT2D eigenvalue weighted by atomic mass is 9.99. The van der Waals surface area contributed by atoms with Gasteiger partial charge in [0.15, 0.2) is 0 Å². The van der Waals surface area contributed by atoms with Gasteiger partial charge in [-0.05, 0) is 48.2 Å². The smallest absolute Gasteiger partial charge is 0.207 e. The summed E-state index contributed by atoms with van der Waals surface area (Å²) in [5.41, 5.74) is 1.88. The van der Waals surface area contributed by atoms with E-state index in [4.69, 9.17) is 0 Å². The molecule has 0 bridgehead atoms. The van der Waals surface area contributed by atoms with Crippen LogP contribution in [0.25, 0.3) is 0 Å². The van der Waals surface area contributed by atoms with E-state index in [0.717, 1.165) is 11.1 Å². The molecular weight excluding hydrogens is 260 g/mol. The van der Waals surface area contributed by atoms with Crippen molar-refractivity contribution in [1.29, 1.82) is 0 Å². The van der Waals surface area contributed by atoms with Crippen LogP contribution >= 0.6 is 0 Å². The molecule has 0 aromatic heterocycles. The van der Waals surface area contributed by atoms with Crippen molar-refractivity contribution in [2.75, 3.05) is 0 Å². The third-order valence-electron chi connectivity index (χ3n) is 3.09. The van der Waals surface area contributed by atoms with Gasteiger partial charge < -0.3 is 5.32 Å². The lowest BCUT2D eigenvalue weighted by Gasteiger charge is -2.16. The Morgan fingerprint density at radius 2 is 1.25 bits per heavy atom. The van der Waals surface area contributed by atoms with Crippen molar-refractivity contribution >= 4 is 6.41 Å². The second-order valence-corrected chi connectivity index (χ2v) is 4.64. The first-order chi connectivity index (χ1) is 9.67. The SMILES string of the molecule is O=CNC(Cc1ccc(F)cc1)Cc1ccc(F)cc1. The first kappa shape index (κ1) is 14.2. The third-order valence-corrected chi connectivity index (χ3v) is 3.09. The minimum Gasteiger partial charge on any atom is -0.355 e. The molecule has 0 saturated carbocycles. The number of carbonyl (C=O) groups excluding carboxylic acids is 1. The van der Waals surface area contributed by atoms with Gasteiger partial charge in [0.2, 0.25) is 6.41 Å². The van der Waals surface area contributed by atoms with Crippen molar-refractivity contribution in [2.45, 2.75) is 18.9 Å². The van der Waals surface area contributed by atoms with Gasteiger partial charge in [-0.1, -0.05) is 24.3 Å². The molecule has 0 saturated heterocycles. The van der Waals surface area contributed by atoms with Gasteiger partial charge in [-0.15, -0.1) is 0 Å². The van der Waals surface area contributed by atoms with Crippen molar-refractivity contribution in [1.82, 2.24) is 5.32 Å². The normalized spacial score (nSPS) is 10.6. The third kappa shape index (κ3) is 4.16. The van der Waals surface area contributed by atoms with Gasteiger partial charge in [0.1, 0.15) is 11.6 Å². The average Bonchev–Trinajstić information content (AvgIpc) is 2.44. The lowest BCUT2D eigenvalue weighted by Crippen LogP contribution is -2.32. The number of hydrogen-bond acceptors (Lipinski definition) is 1. The van der Waals surface area contributed by atoms with Gasteiger partial charge in [0, 0.05) is 6.04 Å². The van der Waals surface area contributed by atoms with Crippen molar-refractivity contribution in [3.05, 3.63) is 71.3 Å². The second kappa shape index (κ2) is 6.80. The molecule has 2 nitrogen and oxygen atoms in total. The van der Waals surface area contributed by atoms with Crippen LogP contribution in [-0.2, 0) is 17.6 Å². The molecule has 0 unspecified atom stereocenters. The first-order valence-electron chi connectivity index (χ1n) is 6.36. The fourth-order valence-corrected chi connectivity index (χ4v) is 2.10. The van der Waals surface area contributed by atoms with E-state index in [1.807, 2.05) is 0 Å². The molecule has 2 aromatic carbocycles. The molecule has 0 aliphatic rings. The number of carbonyl (C=O) groups is 1. The molecule has 104 valence electrons. The van der Waals surface area contributed by atoms with Crippen LogP contribution in [0.15, 0.2) is 48.5 Å². The maximum absolute atomic E-state index is 12.8. The van der Waals surface area contributed by atoms with E-state index in [-0.39, 0.29) is 17.7 Å². The summed E-state index contributed by atoms with van der Waals surface area (Å²) in [6.45, 7) is 0. The highest BCUT2D eigenvalue weighted by atomic mass is 19.1. The zero-order chi connectivity index (χ0) is 14.4. The number of benzene rings is 2. The van der Waals surface area contributed by atoms with Crippen molar-refractivity contribution in [2.24, 2.45) is 0 Å². The maximum atomic E-state index is 12.8. The minimum absolute atomic E-state index is 0.108. The Balaban J connectivity index is 2.04. The van der Waals surface area contributed by atoms with Crippen molar-refractivity contribution in [3.8, 4) is 0 Å². The monoisotopic (exact) mass is 275 g/mol. The molecule has 0 fully saturated rings. The van der Waals surface area contributed by atoms with E-state index < -0.39 is 0 Å². The summed E-state index contributed by atoms with van der Waals surface area (Å²) in [5, 5.41) is 2.74. The fourth-order valence-electron chi connectivity index (χ4n) is 2.10. The highest BCUT2D eigenvalue weighted by Crippen LogP contribution is 2.11. The van der Waals surface area contributed by atoms with Crippen molar-refractivity contribution in [3.63, 3.8) is 0 Å². The number of halogens is 2. The van der Waals surface area contributed by atoms with E-state index in [1.54, 1.807) is 24.3 Å². The topological polar surface area (TPSA) is 29.1 Å². The molecule has 2 aromatic rings. The fraction of sp³-hybridized carbons (Fsp3) is 0.188. The summed E-state index contributed by atoms with van der Waals surface area (Å²) in [7, 11) is 0. The Morgan fingerprint density at radius 3 is 1.60 bits per heavy atom. The van der Waals surface area contributed by atoms with Gasteiger partial charge in [-0.3, -0.25) is 4.79 Å². The first-order valence-corrected chi connectivity index (χ1v) is 6.36. The zero-order valence-corrected chi connectivity index (χ0v) is 10.9. The molecule has 2 rings (SSSR count). The van der Waals surface area contributed by atoms with Gasteiger partial charge in [0.05, 0.1) is 0 Å². The molecule has 1 amide bonds. The maximum Gasteiger partial charge on any atom is 0.207 e. The van der Waals surface area contributed by atoms with Crippen LogP contribution in [0.1, 0.15) is 11.1 Å². The van der Waals surface area contributed by atoms with E-state index in [0.29, 0.717) is 19.3 Å². The summed E-state index contributed by atoms with van der Waals surface area (Å²) in [5.74, 6) is -0.570. The molecule has 0 aliphatic carbocycles. The van der Waals surface area contributed by atoms with Crippen LogP contribution in [0.5, 0.6) is 0 Å². The minimum atomic E-state index is -0.285. The number of nitrogens with one attached hydrogen (secondary N) is 1. The molecule has 20 heavy (non-hydrogen) atoms. The molecular formula is C16H15F2NO. The van der Waals surface area contributed by atoms with Crippen molar-refractivity contribution < 1.29 is 13.6 Å². The lowest BCUT2D eigenvalue weighted by molar-refractivity contribution is -0.110. The largest absolute Gasteiger partial charge is 0.355 e. The van der Waals surface area contributed by atoms with Crippen LogP contribution in [0.4, 0.5) is 8.78 Å². The van der Waals surface area contributed by atoms with Gasteiger partial charge >= 0.3 is 0 Å². The van der Waals surface area contributed by atoms with E-state index >= 15 is 0 Å². The predicted molar refractivity (Wildman–Crippen MR) is 73.2 cm³/mol. The Bertz CT molecular complexity index is 504. The van der Waals surface area contributed by atoms with E-state index in [1.165, 1.54) is 24.3 Å². The molecule has 1 N–H and O–H groups in total. The molecule has 0 aliphatic heterocycles. The Labute approximate surface area is 116 Å². The highest BCUT2D eigenvalue weighted by molar-refractivity contribution is 5.47. The summed E-state index contributed by atoms with van der Waals surface area (Å²) in [6, 6.07) is 12.2. The number of amides is 1. The molecule has 4 heteroatoms. The van der Waals surface area contributed by atoms with E-state index in [2.05, 4.69) is 5.32 Å². The standard InChI is InChI=1S/C16H15F2NO/c17-14-5-1-12(2-6-14)9-16(19-11-20)10-13-3-7-15(18)8-4-13/h1-8,11,16H,9-10H2,(H,19,20).